The van der Waals surface area contributed by atoms with Crippen LogP contribution in [0, 0.1) is 0 Å². The monoisotopic (exact) mass is 276 g/mol. The van der Waals surface area contributed by atoms with Gasteiger partial charge in [0.2, 0.25) is 0 Å². The number of rotatable bonds is 3. The van der Waals surface area contributed by atoms with Gasteiger partial charge >= 0.3 is 0 Å². The van der Waals surface area contributed by atoms with Crippen LogP contribution in [0.1, 0.15) is 63.6 Å². The minimum absolute atomic E-state index is 0.390. The van der Waals surface area contributed by atoms with E-state index in [2.05, 4.69) is 28.8 Å². The lowest BCUT2D eigenvalue weighted by atomic mass is 9.96. The summed E-state index contributed by atoms with van der Waals surface area (Å²) in [7, 11) is 0. The highest BCUT2D eigenvalue weighted by atomic mass is 15.3. The molecular weight excluding hydrogens is 248 g/mol. The second-order valence-corrected chi connectivity index (χ2v) is 6.68. The Morgan fingerprint density at radius 1 is 1.25 bits per heavy atom. The molecule has 3 rings (SSSR count). The van der Waals surface area contributed by atoms with Gasteiger partial charge in [0.25, 0.3) is 0 Å². The molecule has 2 heterocycles. The van der Waals surface area contributed by atoms with E-state index in [9.17, 15) is 0 Å². The van der Waals surface area contributed by atoms with Crippen LogP contribution >= 0.6 is 0 Å². The van der Waals surface area contributed by atoms with Gasteiger partial charge in [0, 0.05) is 31.4 Å². The van der Waals surface area contributed by atoms with Gasteiger partial charge in [0.15, 0.2) is 0 Å². The zero-order chi connectivity index (χ0) is 13.9. The lowest BCUT2D eigenvalue weighted by Crippen LogP contribution is -2.45. The van der Waals surface area contributed by atoms with Crippen LogP contribution < -0.4 is 5.73 Å². The summed E-state index contributed by atoms with van der Waals surface area (Å²) in [6.07, 6.45) is 11.1. The molecule has 0 aromatic carbocycles. The molecule has 1 aromatic heterocycles. The van der Waals surface area contributed by atoms with E-state index in [1.54, 1.807) is 0 Å². The van der Waals surface area contributed by atoms with Crippen LogP contribution in [-0.4, -0.2) is 33.3 Å². The maximum atomic E-state index is 6.04. The van der Waals surface area contributed by atoms with E-state index >= 15 is 0 Å². The summed E-state index contributed by atoms with van der Waals surface area (Å²) in [5.41, 5.74) is 7.26. The Morgan fingerprint density at radius 2 is 2.05 bits per heavy atom. The van der Waals surface area contributed by atoms with E-state index in [1.807, 2.05) is 0 Å². The fraction of sp³-hybridized carbons (Fsp3) is 0.812. The predicted molar refractivity (Wildman–Crippen MR) is 81.4 cm³/mol. The van der Waals surface area contributed by atoms with Crippen molar-refractivity contribution < 1.29 is 0 Å². The van der Waals surface area contributed by atoms with E-state index in [0.717, 1.165) is 25.9 Å². The Kier molecular flexibility index (Phi) is 4.41. The average Bonchev–Trinajstić information content (AvgIpc) is 2.92. The third-order valence-electron chi connectivity index (χ3n) is 5.03. The largest absolute Gasteiger partial charge is 0.328 e. The zero-order valence-corrected chi connectivity index (χ0v) is 12.7. The van der Waals surface area contributed by atoms with Gasteiger partial charge < -0.3 is 5.73 Å². The standard InChI is InChI=1S/C16H28N4/c1-13-11-14(17)7-9-19(13)12-15-8-10-20(18-15)16-5-3-2-4-6-16/h8,10,13-14,16H,2-7,9,11-12,17H2,1H3. The molecule has 1 aliphatic heterocycles. The van der Waals surface area contributed by atoms with E-state index in [1.165, 1.54) is 37.8 Å². The van der Waals surface area contributed by atoms with E-state index < -0.39 is 0 Å². The third kappa shape index (κ3) is 3.23. The molecule has 2 unspecified atom stereocenters. The lowest BCUT2D eigenvalue weighted by molar-refractivity contribution is 0.137. The average molecular weight is 276 g/mol. The fourth-order valence-corrected chi connectivity index (χ4v) is 3.71. The van der Waals surface area contributed by atoms with Crippen molar-refractivity contribution in [2.45, 2.75) is 76.5 Å². The lowest BCUT2D eigenvalue weighted by Gasteiger charge is -2.35. The van der Waals surface area contributed by atoms with Crippen molar-refractivity contribution in [1.82, 2.24) is 14.7 Å². The van der Waals surface area contributed by atoms with Crippen LogP contribution in [0.5, 0.6) is 0 Å². The van der Waals surface area contributed by atoms with Crippen LogP contribution in [0.2, 0.25) is 0 Å². The van der Waals surface area contributed by atoms with Crippen molar-refractivity contribution in [3.05, 3.63) is 18.0 Å². The van der Waals surface area contributed by atoms with Gasteiger partial charge in [-0.3, -0.25) is 9.58 Å². The summed E-state index contributed by atoms with van der Waals surface area (Å²) in [4.78, 5) is 2.52. The maximum Gasteiger partial charge on any atom is 0.0764 e. The number of nitrogens with zero attached hydrogens (tertiary/aromatic N) is 3. The molecule has 0 amide bonds. The quantitative estimate of drug-likeness (QED) is 0.923. The van der Waals surface area contributed by atoms with Crippen LogP contribution in [0.25, 0.3) is 0 Å². The number of piperidine rings is 1. The molecule has 112 valence electrons. The highest BCUT2D eigenvalue weighted by molar-refractivity contribution is 5.01. The first kappa shape index (κ1) is 14.1. The molecule has 4 nitrogen and oxygen atoms in total. The van der Waals surface area contributed by atoms with Crippen LogP contribution in [0.4, 0.5) is 0 Å². The Bertz CT molecular complexity index is 422. The number of aromatic nitrogens is 2. The van der Waals surface area contributed by atoms with Crippen molar-refractivity contribution in [2.75, 3.05) is 6.54 Å². The van der Waals surface area contributed by atoms with Gasteiger partial charge in [0.05, 0.1) is 11.7 Å². The molecule has 1 saturated carbocycles. The van der Waals surface area contributed by atoms with Crippen LogP contribution in [-0.2, 0) is 6.54 Å². The summed E-state index contributed by atoms with van der Waals surface area (Å²) in [6.45, 7) is 4.38. The molecule has 1 aliphatic carbocycles. The minimum Gasteiger partial charge on any atom is -0.328 e. The van der Waals surface area contributed by atoms with E-state index in [-0.39, 0.29) is 0 Å². The van der Waals surface area contributed by atoms with E-state index in [4.69, 9.17) is 10.8 Å². The molecule has 4 heteroatoms. The summed E-state index contributed by atoms with van der Waals surface area (Å²) >= 11 is 0. The van der Waals surface area contributed by atoms with Gasteiger partial charge in [-0.25, -0.2) is 0 Å². The number of nitrogens with two attached hydrogens (primary N) is 1. The molecule has 20 heavy (non-hydrogen) atoms. The van der Waals surface area contributed by atoms with Gasteiger partial charge in [-0.15, -0.1) is 0 Å². The second-order valence-electron chi connectivity index (χ2n) is 6.68. The molecule has 2 atom stereocenters. The van der Waals surface area contributed by atoms with Crippen molar-refractivity contribution in [3.63, 3.8) is 0 Å². The van der Waals surface area contributed by atoms with Crippen molar-refractivity contribution in [1.29, 1.82) is 0 Å². The molecule has 2 N–H and O–H groups in total. The highest BCUT2D eigenvalue weighted by Gasteiger charge is 2.24. The summed E-state index contributed by atoms with van der Waals surface area (Å²) in [6, 6.07) is 3.82. The van der Waals surface area contributed by atoms with Gasteiger partial charge in [-0.05, 0) is 38.7 Å². The smallest absolute Gasteiger partial charge is 0.0764 e. The molecule has 0 spiro atoms. The molecule has 0 radical (unpaired) electrons. The fourth-order valence-electron chi connectivity index (χ4n) is 3.71. The molecule has 2 fully saturated rings. The van der Waals surface area contributed by atoms with Crippen molar-refractivity contribution >= 4 is 0 Å². The van der Waals surface area contributed by atoms with Crippen molar-refractivity contribution in [3.8, 4) is 0 Å². The van der Waals surface area contributed by atoms with E-state index in [0.29, 0.717) is 18.1 Å². The Balaban J connectivity index is 1.59. The molecule has 0 bridgehead atoms. The first-order valence-corrected chi connectivity index (χ1v) is 8.26. The summed E-state index contributed by atoms with van der Waals surface area (Å²) < 4.78 is 2.22. The van der Waals surface area contributed by atoms with Crippen LogP contribution in [0.15, 0.2) is 12.3 Å². The van der Waals surface area contributed by atoms with Gasteiger partial charge in [0.1, 0.15) is 0 Å². The summed E-state index contributed by atoms with van der Waals surface area (Å²) in [5, 5.41) is 4.83. The maximum absolute atomic E-state index is 6.04. The molecular formula is C16H28N4. The number of hydrogen-bond acceptors (Lipinski definition) is 3. The summed E-state index contributed by atoms with van der Waals surface area (Å²) in [5.74, 6) is 0. The molecule has 1 aromatic rings. The second kappa shape index (κ2) is 6.27. The Hall–Kier alpha value is -0.870. The molecule has 2 aliphatic rings. The number of likely N-dealkylation sites (tertiary alicyclic amines) is 1. The zero-order valence-electron chi connectivity index (χ0n) is 12.7. The first-order valence-electron chi connectivity index (χ1n) is 8.26. The Morgan fingerprint density at radius 3 is 2.80 bits per heavy atom. The SMILES string of the molecule is CC1CC(N)CCN1Cc1ccn(C2CCCCC2)n1. The van der Waals surface area contributed by atoms with Gasteiger partial charge in [-0.2, -0.15) is 5.10 Å². The van der Waals surface area contributed by atoms with Crippen LogP contribution in [0.3, 0.4) is 0 Å². The third-order valence-corrected chi connectivity index (χ3v) is 5.03. The van der Waals surface area contributed by atoms with Crippen molar-refractivity contribution in [2.24, 2.45) is 5.73 Å². The minimum atomic E-state index is 0.390. The Labute approximate surface area is 122 Å². The highest BCUT2D eigenvalue weighted by Crippen LogP contribution is 2.27. The molecule has 1 saturated heterocycles. The predicted octanol–water partition coefficient (Wildman–Crippen LogP) is 2.70. The topological polar surface area (TPSA) is 47.1 Å². The van der Waals surface area contributed by atoms with Gasteiger partial charge in [-0.1, -0.05) is 19.3 Å². The number of hydrogen-bond donors (Lipinski definition) is 1. The first-order chi connectivity index (χ1) is 9.72. The normalized spacial score (nSPS) is 29.7.